The Morgan fingerprint density at radius 2 is 2.27 bits per heavy atom. The molecule has 0 spiro atoms. The number of fused-ring (bicyclic) bond motifs is 1. The topological polar surface area (TPSA) is 88.9 Å². The number of nitrogens with one attached hydrogen (secondary N) is 2. The highest BCUT2D eigenvalue weighted by Gasteiger charge is 2.29. The molecule has 1 aliphatic heterocycles. The average molecular weight is 299 g/mol. The Kier molecular flexibility index (Phi) is 3.86. The van der Waals surface area contributed by atoms with Crippen LogP contribution in [-0.4, -0.2) is 26.6 Å². The molecule has 1 unspecified atom stereocenters. The van der Waals surface area contributed by atoms with E-state index in [0.717, 1.165) is 17.7 Å². The Morgan fingerprint density at radius 3 is 3.09 bits per heavy atom. The summed E-state index contributed by atoms with van der Waals surface area (Å²) in [5.41, 5.74) is 1.87. The zero-order valence-electron chi connectivity index (χ0n) is 12.2. The minimum Gasteiger partial charge on any atom is -0.326 e. The van der Waals surface area contributed by atoms with Crippen LogP contribution in [0.2, 0.25) is 0 Å². The van der Waals surface area contributed by atoms with E-state index in [0.29, 0.717) is 12.5 Å². The first-order valence-electron chi connectivity index (χ1n) is 7.23. The molecular formula is C15H17N5O2. The number of carbonyl (C=O) groups excluding carboxylic acids is 2. The van der Waals surface area contributed by atoms with Gasteiger partial charge >= 0.3 is 0 Å². The molecule has 114 valence electrons. The number of para-hydroxylation sites is 1. The van der Waals surface area contributed by atoms with Crippen molar-refractivity contribution in [2.24, 2.45) is 5.92 Å². The fourth-order valence-corrected chi connectivity index (χ4v) is 2.53. The van der Waals surface area contributed by atoms with Crippen LogP contribution < -0.4 is 10.6 Å². The van der Waals surface area contributed by atoms with Crippen molar-refractivity contribution in [2.75, 3.05) is 10.6 Å². The quantitative estimate of drug-likeness (QED) is 0.894. The predicted molar refractivity (Wildman–Crippen MR) is 81.2 cm³/mol. The van der Waals surface area contributed by atoms with E-state index in [1.165, 1.54) is 6.33 Å². The maximum absolute atomic E-state index is 12.2. The largest absolute Gasteiger partial charge is 0.326 e. The van der Waals surface area contributed by atoms with Gasteiger partial charge in [-0.1, -0.05) is 25.1 Å². The van der Waals surface area contributed by atoms with Crippen molar-refractivity contribution in [2.45, 2.75) is 26.3 Å². The standard InChI is InChI=1S/C15H17N5O2/c1-2-10-5-3-4-6-12(10)18-13(21)7-11-8-20-15(16-9-17-20)19-14(11)22/h3-6,9,11H,2,7-8H2,1H3,(H,18,21)(H,16,17,19,22). The molecule has 1 atom stereocenters. The lowest BCUT2D eigenvalue weighted by molar-refractivity contribution is -0.125. The second-order valence-corrected chi connectivity index (χ2v) is 5.21. The minimum atomic E-state index is -0.442. The molecule has 2 heterocycles. The molecule has 0 aliphatic carbocycles. The number of anilines is 2. The number of aryl methyl sites for hydroxylation is 1. The van der Waals surface area contributed by atoms with Crippen molar-refractivity contribution < 1.29 is 9.59 Å². The predicted octanol–water partition coefficient (Wildman–Crippen LogP) is 1.44. The Bertz CT molecular complexity index is 709. The van der Waals surface area contributed by atoms with Crippen LogP contribution in [0, 0.1) is 5.92 Å². The molecule has 0 saturated heterocycles. The molecule has 1 aliphatic rings. The van der Waals surface area contributed by atoms with E-state index in [-0.39, 0.29) is 18.2 Å². The van der Waals surface area contributed by atoms with E-state index in [2.05, 4.69) is 20.7 Å². The summed E-state index contributed by atoms with van der Waals surface area (Å²) in [6, 6.07) is 7.66. The Hall–Kier alpha value is -2.70. The van der Waals surface area contributed by atoms with Crippen LogP contribution in [0.5, 0.6) is 0 Å². The summed E-state index contributed by atoms with van der Waals surface area (Å²) in [4.78, 5) is 28.1. The van der Waals surface area contributed by atoms with Crippen LogP contribution in [0.15, 0.2) is 30.6 Å². The molecule has 0 bridgehead atoms. The number of rotatable bonds is 4. The number of carbonyl (C=O) groups is 2. The number of nitrogens with zero attached hydrogens (tertiary/aromatic N) is 3. The van der Waals surface area contributed by atoms with E-state index in [4.69, 9.17) is 0 Å². The summed E-state index contributed by atoms with van der Waals surface area (Å²) in [6.07, 6.45) is 2.33. The van der Waals surface area contributed by atoms with Crippen LogP contribution in [-0.2, 0) is 22.6 Å². The third kappa shape index (κ3) is 2.83. The summed E-state index contributed by atoms with van der Waals surface area (Å²) in [5, 5.41) is 9.55. The van der Waals surface area contributed by atoms with Crippen molar-refractivity contribution in [3.05, 3.63) is 36.2 Å². The highest BCUT2D eigenvalue weighted by atomic mass is 16.2. The molecule has 0 fully saturated rings. The van der Waals surface area contributed by atoms with Crippen molar-refractivity contribution in [3.63, 3.8) is 0 Å². The second-order valence-electron chi connectivity index (χ2n) is 5.21. The number of hydrogen-bond acceptors (Lipinski definition) is 4. The first-order chi connectivity index (χ1) is 10.7. The molecule has 7 nitrogen and oxygen atoms in total. The molecular weight excluding hydrogens is 282 g/mol. The van der Waals surface area contributed by atoms with Gasteiger partial charge in [-0.25, -0.2) is 4.68 Å². The van der Waals surface area contributed by atoms with Gasteiger partial charge in [-0.3, -0.25) is 14.9 Å². The third-order valence-electron chi connectivity index (χ3n) is 3.72. The highest BCUT2D eigenvalue weighted by molar-refractivity contribution is 5.98. The number of amides is 2. The van der Waals surface area contributed by atoms with Gasteiger partial charge in [0.05, 0.1) is 12.5 Å². The zero-order chi connectivity index (χ0) is 15.5. The summed E-state index contributed by atoms with van der Waals surface area (Å²) >= 11 is 0. The van der Waals surface area contributed by atoms with Crippen molar-refractivity contribution in [1.82, 2.24) is 14.8 Å². The Balaban J connectivity index is 1.66. The lowest BCUT2D eigenvalue weighted by atomic mass is 10.0. The lowest BCUT2D eigenvalue weighted by Crippen LogP contribution is -2.36. The van der Waals surface area contributed by atoms with E-state index in [1.54, 1.807) is 4.68 Å². The van der Waals surface area contributed by atoms with Gasteiger partial charge in [-0.15, -0.1) is 0 Å². The van der Waals surface area contributed by atoms with Gasteiger partial charge in [0.2, 0.25) is 17.8 Å². The van der Waals surface area contributed by atoms with Crippen LogP contribution in [0.3, 0.4) is 0 Å². The molecule has 1 aromatic heterocycles. The molecule has 0 saturated carbocycles. The van der Waals surface area contributed by atoms with Gasteiger partial charge in [0.1, 0.15) is 6.33 Å². The van der Waals surface area contributed by atoms with Crippen molar-refractivity contribution >= 4 is 23.5 Å². The van der Waals surface area contributed by atoms with Crippen LogP contribution >= 0.6 is 0 Å². The SMILES string of the molecule is CCc1ccccc1NC(=O)CC1Cn2ncnc2NC1=O. The van der Waals surface area contributed by atoms with Crippen LogP contribution in [0.4, 0.5) is 11.6 Å². The summed E-state index contributed by atoms with van der Waals surface area (Å²) < 4.78 is 1.60. The van der Waals surface area contributed by atoms with E-state index >= 15 is 0 Å². The molecule has 7 heteroatoms. The molecule has 22 heavy (non-hydrogen) atoms. The fourth-order valence-electron chi connectivity index (χ4n) is 2.53. The molecule has 3 rings (SSSR count). The smallest absolute Gasteiger partial charge is 0.232 e. The molecule has 2 N–H and O–H groups in total. The number of benzene rings is 1. The maximum Gasteiger partial charge on any atom is 0.232 e. The number of aromatic nitrogens is 3. The van der Waals surface area contributed by atoms with Gasteiger partial charge in [0, 0.05) is 12.1 Å². The Labute approximate surface area is 127 Å². The first-order valence-corrected chi connectivity index (χ1v) is 7.23. The molecule has 2 amide bonds. The lowest BCUT2D eigenvalue weighted by Gasteiger charge is -2.22. The van der Waals surface area contributed by atoms with Gasteiger partial charge in [-0.2, -0.15) is 10.1 Å². The normalized spacial score (nSPS) is 16.8. The maximum atomic E-state index is 12.2. The molecule has 2 aromatic rings. The molecule has 0 radical (unpaired) electrons. The summed E-state index contributed by atoms with van der Waals surface area (Å²) in [6.45, 7) is 2.40. The van der Waals surface area contributed by atoms with Gasteiger partial charge in [-0.05, 0) is 18.1 Å². The molecule has 1 aromatic carbocycles. The highest BCUT2D eigenvalue weighted by Crippen LogP contribution is 2.20. The van der Waals surface area contributed by atoms with Crippen molar-refractivity contribution in [1.29, 1.82) is 0 Å². The van der Waals surface area contributed by atoms with E-state index in [1.807, 2.05) is 31.2 Å². The van der Waals surface area contributed by atoms with Crippen LogP contribution in [0.25, 0.3) is 0 Å². The first kappa shape index (κ1) is 14.2. The van der Waals surface area contributed by atoms with Crippen molar-refractivity contribution in [3.8, 4) is 0 Å². The fraction of sp³-hybridized carbons (Fsp3) is 0.333. The minimum absolute atomic E-state index is 0.114. The second kappa shape index (κ2) is 5.97. The number of hydrogen-bond donors (Lipinski definition) is 2. The average Bonchev–Trinajstić information content (AvgIpc) is 2.95. The van der Waals surface area contributed by atoms with Gasteiger partial charge in [0.15, 0.2) is 0 Å². The summed E-state index contributed by atoms with van der Waals surface area (Å²) in [5.74, 6) is -0.384. The zero-order valence-corrected chi connectivity index (χ0v) is 12.2. The third-order valence-corrected chi connectivity index (χ3v) is 3.72. The van der Waals surface area contributed by atoms with Crippen LogP contribution in [0.1, 0.15) is 18.9 Å². The monoisotopic (exact) mass is 299 g/mol. The van der Waals surface area contributed by atoms with Gasteiger partial charge in [0.25, 0.3) is 0 Å². The van der Waals surface area contributed by atoms with E-state index < -0.39 is 5.92 Å². The summed E-state index contributed by atoms with van der Waals surface area (Å²) in [7, 11) is 0. The van der Waals surface area contributed by atoms with E-state index in [9.17, 15) is 9.59 Å². The Morgan fingerprint density at radius 1 is 1.45 bits per heavy atom. The van der Waals surface area contributed by atoms with Gasteiger partial charge < -0.3 is 5.32 Å².